The van der Waals surface area contributed by atoms with Crippen LogP contribution in [0.25, 0.3) is 0 Å². The maximum absolute atomic E-state index is 5.93. The number of nitrogens with zero attached hydrogens (tertiary/aromatic N) is 2. The molecule has 3 heterocycles. The number of aromatic nitrogens is 2. The van der Waals surface area contributed by atoms with Gasteiger partial charge in [-0.05, 0) is 26.2 Å². The minimum absolute atomic E-state index is 0.392. The van der Waals surface area contributed by atoms with Crippen molar-refractivity contribution < 1.29 is 4.74 Å². The summed E-state index contributed by atoms with van der Waals surface area (Å²) in [6.45, 7) is 2.06. The summed E-state index contributed by atoms with van der Waals surface area (Å²) in [6.07, 6.45) is 4.40. The number of hydrogen-bond donors (Lipinski definition) is 1. The van der Waals surface area contributed by atoms with E-state index < -0.39 is 0 Å². The van der Waals surface area contributed by atoms with Gasteiger partial charge in [-0.2, -0.15) is 5.10 Å². The molecule has 0 radical (unpaired) electrons. The number of hydrogen-bond acceptors (Lipinski definition) is 3. The molecule has 2 aliphatic heterocycles. The van der Waals surface area contributed by atoms with Crippen molar-refractivity contribution in [3.8, 4) is 0 Å². The molecule has 3 atom stereocenters. The van der Waals surface area contributed by atoms with Crippen molar-refractivity contribution in [3.05, 3.63) is 11.3 Å². The van der Waals surface area contributed by atoms with E-state index in [1.807, 2.05) is 7.05 Å². The summed E-state index contributed by atoms with van der Waals surface area (Å²) in [4.78, 5) is 0. The standard InChI is InChI=1S/C11H17N3O/c1-6-10(13-14(2)11(6)12)8-5-7-3-4-9(8)15-7/h7-9H,3-5,12H2,1-2H3/t7-,8-,9+/m0/s1. The molecule has 2 fully saturated rings. The summed E-state index contributed by atoms with van der Waals surface area (Å²) < 4.78 is 7.63. The number of anilines is 1. The van der Waals surface area contributed by atoms with Crippen LogP contribution in [0.5, 0.6) is 0 Å². The molecule has 4 heteroatoms. The summed E-state index contributed by atoms with van der Waals surface area (Å²) in [6, 6.07) is 0. The summed E-state index contributed by atoms with van der Waals surface area (Å²) in [5, 5.41) is 4.52. The van der Waals surface area contributed by atoms with Crippen LogP contribution in [0.4, 0.5) is 5.82 Å². The highest BCUT2D eigenvalue weighted by Crippen LogP contribution is 2.45. The maximum Gasteiger partial charge on any atom is 0.124 e. The quantitative estimate of drug-likeness (QED) is 0.756. The van der Waals surface area contributed by atoms with Crippen molar-refractivity contribution in [2.75, 3.05) is 5.73 Å². The molecule has 2 bridgehead atoms. The second-order valence-electron chi connectivity index (χ2n) is 4.74. The van der Waals surface area contributed by atoms with Gasteiger partial charge < -0.3 is 10.5 Å². The highest BCUT2D eigenvalue weighted by atomic mass is 16.5. The van der Waals surface area contributed by atoms with Crippen LogP contribution in [-0.2, 0) is 11.8 Å². The van der Waals surface area contributed by atoms with E-state index in [9.17, 15) is 0 Å². The maximum atomic E-state index is 5.93. The SMILES string of the molecule is Cc1c([C@H]2C[C@@H]3CC[C@H]2O3)nn(C)c1N. The average molecular weight is 207 g/mol. The van der Waals surface area contributed by atoms with E-state index in [1.165, 1.54) is 12.8 Å². The molecular formula is C11H17N3O. The normalized spacial score (nSPS) is 33.9. The molecule has 0 saturated carbocycles. The van der Waals surface area contributed by atoms with Gasteiger partial charge in [0.2, 0.25) is 0 Å². The Labute approximate surface area is 89.4 Å². The topological polar surface area (TPSA) is 53.1 Å². The first-order chi connectivity index (χ1) is 7.16. The average Bonchev–Trinajstić information content (AvgIpc) is 2.89. The molecule has 15 heavy (non-hydrogen) atoms. The second kappa shape index (κ2) is 2.98. The van der Waals surface area contributed by atoms with Crippen LogP contribution >= 0.6 is 0 Å². The second-order valence-corrected chi connectivity index (χ2v) is 4.74. The first kappa shape index (κ1) is 9.21. The zero-order valence-electron chi connectivity index (χ0n) is 9.23. The Morgan fingerprint density at radius 3 is 2.73 bits per heavy atom. The number of nitrogen functional groups attached to an aromatic ring is 1. The molecule has 0 amide bonds. The lowest BCUT2D eigenvalue weighted by Crippen LogP contribution is -2.15. The monoisotopic (exact) mass is 207 g/mol. The third-order valence-corrected chi connectivity index (χ3v) is 3.83. The third-order valence-electron chi connectivity index (χ3n) is 3.83. The Morgan fingerprint density at radius 2 is 2.27 bits per heavy atom. The van der Waals surface area contributed by atoms with Crippen LogP contribution in [-0.4, -0.2) is 22.0 Å². The number of rotatable bonds is 1. The first-order valence-electron chi connectivity index (χ1n) is 5.61. The van der Waals surface area contributed by atoms with E-state index in [4.69, 9.17) is 10.5 Å². The molecule has 82 valence electrons. The van der Waals surface area contributed by atoms with Gasteiger partial charge in [0.05, 0.1) is 17.9 Å². The van der Waals surface area contributed by atoms with Crippen molar-refractivity contribution in [1.29, 1.82) is 0 Å². The van der Waals surface area contributed by atoms with E-state index in [1.54, 1.807) is 4.68 Å². The van der Waals surface area contributed by atoms with E-state index in [0.29, 0.717) is 18.1 Å². The first-order valence-corrected chi connectivity index (χ1v) is 5.61. The zero-order chi connectivity index (χ0) is 10.6. The highest BCUT2D eigenvalue weighted by Gasteiger charge is 2.43. The molecule has 3 rings (SSSR count). The van der Waals surface area contributed by atoms with Crippen molar-refractivity contribution in [3.63, 3.8) is 0 Å². The summed E-state index contributed by atoms with van der Waals surface area (Å²) in [5.74, 6) is 1.26. The lowest BCUT2D eigenvalue weighted by Gasteiger charge is -2.16. The Morgan fingerprint density at radius 1 is 1.47 bits per heavy atom. The molecule has 2 N–H and O–H groups in total. The molecule has 2 aliphatic rings. The van der Waals surface area contributed by atoms with Gasteiger partial charge in [-0.15, -0.1) is 0 Å². The predicted molar refractivity (Wildman–Crippen MR) is 57.6 cm³/mol. The highest BCUT2D eigenvalue weighted by molar-refractivity contribution is 5.44. The van der Waals surface area contributed by atoms with E-state index in [0.717, 1.165) is 23.5 Å². The number of fused-ring (bicyclic) bond motifs is 2. The van der Waals surface area contributed by atoms with Gasteiger partial charge in [-0.1, -0.05) is 0 Å². The summed E-state index contributed by atoms with van der Waals surface area (Å²) >= 11 is 0. The van der Waals surface area contributed by atoms with Crippen LogP contribution in [0.15, 0.2) is 0 Å². The van der Waals surface area contributed by atoms with Crippen molar-refractivity contribution in [1.82, 2.24) is 9.78 Å². The Bertz CT molecular complexity index is 399. The molecule has 1 aromatic rings. The minimum Gasteiger partial charge on any atom is -0.384 e. The van der Waals surface area contributed by atoms with Gasteiger partial charge in [0.15, 0.2) is 0 Å². The van der Waals surface area contributed by atoms with Crippen molar-refractivity contribution in [2.45, 2.75) is 44.3 Å². The van der Waals surface area contributed by atoms with E-state index in [-0.39, 0.29) is 0 Å². The van der Waals surface area contributed by atoms with E-state index in [2.05, 4.69) is 12.0 Å². The summed E-state index contributed by atoms with van der Waals surface area (Å²) in [7, 11) is 1.90. The van der Waals surface area contributed by atoms with Gasteiger partial charge in [0, 0.05) is 18.5 Å². The number of aryl methyl sites for hydroxylation is 1. The zero-order valence-corrected chi connectivity index (χ0v) is 9.23. The van der Waals surface area contributed by atoms with Crippen LogP contribution in [0, 0.1) is 6.92 Å². The van der Waals surface area contributed by atoms with Crippen LogP contribution < -0.4 is 5.73 Å². The largest absolute Gasteiger partial charge is 0.384 e. The van der Waals surface area contributed by atoms with Gasteiger partial charge in [-0.3, -0.25) is 4.68 Å². The third kappa shape index (κ3) is 1.21. The number of nitrogens with two attached hydrogens (primary N) is 1. The predicted octanol–water partition coefficient (Wildman–Crippen LogP) is 1.35. The smallest absolute Gasteiger partial charge is 0.124 e. The van der Waals surface area contributed by atoms with E-state index >= 15 is 0 Å². The molecule has 1 aromatic heterocycles. The fourth-order valence-electron chi connectivity index (χ4n) is 2.94. The Hall–Kier alpha value is -1.03. The fraction of sp³-hybridized carbons (Fsp3) is 0.727. The molecule has 0 aliphatic carbocycles. The lowest BCUT2D eigenvalue weighted by atomic mass is 9.85. The molecule has 2 saturated heterocycles. The van der Waals surface area contributed by atoms with Gasteiger partial charge in [0.25, 0.3) is 0 Å². The molecule has 0 spiro atoms. The fourth-order valence-corrected chi connectivity index (χ4v) is 2.94. The Kier molecular flexibility index (Phi) is 1.83. The summed E-state index contributed by atoms with van der Waals surface area (Å²) in [5.41, 5.74) is 8.22. The van der Waals surface area contributed by atoms with Crippen LogP contribution in [0.1, 0.15) is 36.4 Å². The lowest BCUT2D eigenvalue weighted by molar-refractivity contribution is 0.100. The molecule has 4 nitrogen and oxygen atoms in total. The van der Waals surface area contributed by atoms with Gasteiger partial charge in [-0.25, -0.2) is 0 Å². The molecule has 0 aromatic carbocycles. The van der Waals surface area contributed by atoms with Crippen molar-refractivity contribution in [2.24, 2.45) is 7.05 Å². The van der Waals surface area contributed by atoms with Gasteiger partial charge >= 0.3 is 0 Å². The number of ether oxygens (including phenoxy) is 1. The minimum atomic E-state index is 0.392. The van der Waals surface area contributed by atoms with Gasteiger partial charge in [0.1, 0.15) is 5.82 Å². The van der Waals surface area contributed by atoms with Crippen LogP contribution in [0.2, 0.25) is 0 Å². The van der Waals surface area contributed by atoms with Crippen molar-refractivity contribution >= 4 is 5.82 Å². The molecular weight excluding hydrogens is 190 g/mol. The molecule has 0 unspecified atom stereocenters. The Balaban J connectivity index is 1.96. The van der Waals surface area contributed by atoms with Crippen LogP contribution in [0.3, 0.4) is 0 Å².